The van der Waals surface area contributed by atoms with Crippen LogP contribution in [0.2, 0.25) is 0 Å². The Hall–Kier alpha value is -2.92. The van der Waals surface area contributed by atoms with E-state index in [0.29, 0.717) is 44.0 Å². The molecule has 0 aromatic heterocycles. The molecule has 0 bridgehead atoms. The van der Waals surface area contributed by atoms with E-state index >= 15 is 0 Å². The molecule has 0 saturated carbocycles. The number of carbonyl (C=O) groups is 2. The number of hydrogen-bond donors (Lipinski definition) is 0. The topological polar surface area (TPSA) is 49.9 Å². The Morgan fingerprint density at radius 2 is 1.70 bits per heavy atom. The number of nitrogens with zero attached hydrogens (tertiary/aromatic N) is 2. The van der Waals surface area contributed by atoms with Gasteiger partial charge in [-0.25, -0.2) is 0 Å². The standard InChI is InChI=1S/C25H30N2O3/c1-5-30-15-9-14-27-24(28)22(21-13-12-18(2)19(3)16-21)23(25(27)29)26(4)17-20-10-7-6-8-11-20/h6-8,10-13,16H,5,9,14-15,17H2,1-4H3. The molecule has 0 unspecified atom stereocenters. The fourth-order valence-electron chi connectivity index (χ4n) is 3.68. The zero-order chi connectivity index (χ0) is 21.7. The number of likely N-dealkylation sites (N-methyl/N-ethyl adjacent to an activating group) is 1. The fraction of sp³-hybridized carbons (Fsp3) is 0.360. The molecule has 3 rings (SSSR count). The SMILES string of the molecule is CCOCCCN1C(=O)C(c2ccc(C)c(C)c2)=C(N(C)Cc2ccccc2)C1=O. The minimum absolute atomic E-state index is 0.227. The summed E-state index contributed by atoms with van der Waals surface area (Å²) in [6.45, 7) is 8.06. The van der Waals surface area contributed by atoms with Crippen molar-refractivity contribution in [2.45, 2.75) is 33.7 Å². The van der Waals surface area contributed by atoms with Crippen molar-refractivity contribution in [2.24, 2.45) is 0 Å². The lowest BCUT2D eigenvalue weighted by Gasteiger charge is -2.21. The van der Waals surface area contributed by atoms with Crippen molar-refractivity contribution in [3.8, 4) is 0 Å². The van der Waals surface area contributed by atoms with Crippen LogP contribution in [0.15, 0.2) is 54.2 Å². The number of rotatable bonds is 9. The summed E-state index contributed by atoms with van der Waals surface area (Å²) in [6, 6.07) is 15.9. The van der Waals surface area contributed by atoms with E-state index in [1.54, 1.807) is 0 Å². The average Bonchev–Trinajstić information content (AvgIpc) is 2.98. The van der Waals surface area contributed by atoms with Crippen LogP contribution in [-0.2, 0) is 20.9 Å². The van der Waals surface area contributed by atoms with E-state index < -0.39 is 0 Å². The van der Waals surface area contributed by atoms with E-state index in [1.807, 2.05) is 81.2 Å². The molecular formula is C25H30N2O3. The molecule has 1 aliphatic rings. The second kappa shape index (κ2) is 9.72. The molecule has 0 N–H and O–H groups in total. The first-order chi connectivity index (χ1) is 14.4. The highest BCUT2D eigenvalue weighted by Gasteiger charge is 2.40. The van der Waals surface area contributed by atoms with Crippen LogP contribution in [-0.4, -0.2) is 48.4 Å². The predicted octanol–water partition coefficient (Wildman–Crippen LogP) is 3.94. The van der Waals surface area contributed by atoms with Gasteiger partial charge in [0, 0.05) is 33.4 Å². The number of benzene rings is 2. The zero-order valence-electron chi connectivity index (χ0n) is 18.3. The van der Waals surface area contributed by atoms with Gasteiger partial charge in [0.2, 0.25) is 0 Å². The number of ether oxygens (including phenoxy) is 1. The lowest BCUT2D eigenvalue weighted by atomic mass is 9.99. The largest absolute Gasteiger partial charge is 0.382 e. The van der Waals surface area contributed by atoms with Gasteiger partial charge in [-0.05, 0) is 49.4 Å². The van der Waals surface area contributed by atoms with Gasteiger partial charge in [-0.15, -0.1) is 0 Å². The van der Waals surface area contributed by atoms with Crippen molar-refractivity contribution in [2.75, 3.05) is 26.8 Å². The van der Waals surface area contributed by atoms with E-state index in [1.165, 1.54) is 4.90 Å². The molecule has 0 aliphatic carbocycles. The summed E-state index contributed by atoms with van der Waals surface area (Å²) in [5.74, 6) is -0.460. The highest BCUT2D eigenvalue weighted by Crippen LogP contribution is 2.32. The molecule has 0 atom stereocenters. The Morgan fingerprint density at radius 1 is 0.967 bits per heavy atom. The van der Waals surface area contributed by atoms with Crippen LogP contribution < -0.4 is 0 Å². The maximum absolute atomic E-state index is 13.3. The molecule has 5 nitrogen and oxygen atoms in total. The number of amides is 2. The molecule has 0 saturated heterocycles. The van der Waals surface area contributed by atoms with Crippen LogP contribution in [0.5, 0.6) is 0 Å². The summed E-state index contributed by atoms with van der Waals surface area (Å²) < 4.78 is 5.38. The Balaban J connectivity index is 1.96. The first-order valence-corrected chi connectivity index (χ1v) is 10.4. The highest BCUT2D eigenvalue weighted by atomic mass is 16.5. The van der Waals surface area contributed by atoms with Crippen molar-refractivity contribution in [1.82, 2.24) is 9.80 Å². The molecule has 5 heteroatoms. The van der Waals surface area contributed by atoms with Gasteiger partial charge in [-0.2, -0.15) is 0 Å². The van der Waals surface area contributed by atoms with Crippen LogP contribution >= 0.6 is 0 Å². The Morgan fingerprint density at radius 3 is 2.37 bits per heavy atom. The number of carbonyl (C=O) groups excluding carboxylic acids is 2. The second-order valence-electron chi connectivity index (χ2n) is 7.68. The van der Waals surface area contributed by atoms with Gasteiger partial charge in [0.25, 0.3) is 11.8 Å². The highest BCUT2D eigenvalue weighted by molar-refractivity contribution is 6.35. The summed E-state index contributed by atoms with van der Waals surface area (Å²) >= 11 is 0. The second-order valence-corrected chi connectivity index (χ2v) is 7.68. The first-order valence-electron chi connectivity index (χ1n) is 10.4. The van der Waals surface area contributed by atoms with Crippen molar-refractivity contribution < 1.29 is 14.3 Å². The Labute approximate surface area is 178 Å². The molecule has 0 spiro atoms. The molecule has 1 heterocycles. The quantitative estimate of drug-likeness (QED) is 0.468. The molecule has 0 fully saturated rings. The van der Waals surface area contributed by atoms with Gasteiger partial charge in [-0.3, -0.25) is 14.5 Å². The molecule has 0 radical (unpaired) electrons. The molecule has 30 heavy (non-hydrogen) atoms. The predicted molar refractivity (Wildman–Crippen MR) is 119 cm³/mol. The van der Waals surface area contributed by atoms with Crippen LogP contribution in [0.3, 0.4) is 0 Å². The third-order valence-electron chi connectivity index (χ3n) is 5.46. The van der Waals surface area contributed by atoms with E-state index in [9.17, 15) is 9.59 Å². The third kappa shape index (κ3) is 4.62. The van der Waals surface area contributed by atoms with Gasteiger partial charge < -0.3 is 9.64 Å². The van der Waals surface area contributed by atoms with Gasteiger partial charge in [0.1, 0.15) is 5.70 Å². The molecule has 158 valence electrons. The van der Waals surface area contributed by atoms with Crippen molar-refractivity contribution in [3.05, 3.63) is 76.5 Å². The van der Waals surface area contributed by atoms with E-state index in [4.69, 9.17) is 4.74 Å². The van der Waals surface area contributed by atoms with E-state index in [2.05, 4.69) is 0 Å². The minimum Gasteiger partial charge on any atom is -0.382 e. The smallest absolute Gasteiger partial charge is 0.277 e. The zero-order valence-corrected chi connectivity index (χ0v) is 18.3. The van der Waals surface area contributed by atoms with Crippen molar-refractivity contribution >= 4 is 17.4 Å². The summed E-state index contributed by atoms with van der Waals surface area (Å²) in [6.07, 6.45) is 0.626. The van der Waals surface area contributed by atoms with Crippen molar-refractivity contribution in [3.63, 3.8) is 0 Å². The first kappa shape index (κ1) is 21.8. The molecule has 2 amide bonds. The summed E-state index contributed by atoms with van der Waals surface area (Å²) in [7, 11) is 1.87. The van der Waals surface area contributed by atoms with Crippen molar-refractivity contribution in [1.29, 1.82) is 0 Å². The van der Waals surface area contributed by atoms with Crippen LogP contribution in [0.1, 0.15) is 35.6 Å². The lowest BCUT2D eigenvalue weighted by molar-refractivity contribution is -0.137. The molecule has 2 aromatic carbocycles. The van der Waals surface area contributed by atoms with Crippen LogP contribution in [0.4, 0.5) is 0 Å². The maximum Gasteiger partial charge on any atom is 0.277 e. The van der Waals surface area contributed by atoms with E-state index in [0.717, 1.165) is 22.3 Å². The molecule has 1 aliphatic heterocycles. The van der Waals surface area contributed by atoms with Gasteiger partial charge in [-0.1, -0.05) is 48.5 Å². The van der Waals surface area contributed by atoms with Crippen LogP contribution in [0, 0.1) is 13.8 Å². The maximum atomic E-state index is 13.3. The summed E-state index contributed by atoms with van der Waals surface area (Å²) in [5, 5.41) is 0. The number of hydrogen-bond acceptors (Lipinski definition) is 4. The summed E-state index contributed by atoms with van der Waals surface area (Å²) in [5.41, 5.74) is 5.08. The normalized spacial score (nSPS) is 14.1. The number of aryl methyl sites for hydroxylation is 2. The van der Waals surface area contributed by atoms with Gasteiger partial charge in [0.05, 0.1) is 5.57 Å². The van der Waals surface area contributed by atoms with Crippen LogP contribution in [0.25, 0.3) is 5.57 Å². The fourth-order valence-corrected chi connectivity index (χ4v) is 3.68. The van der Waals surface area contributed by atoms with Gasteiger partial charge >= 0.3 is 0 Å². The monoisotopic (exact) mass is 406 g/mol. The lowest BCUT2D eigenvalue weighted by Crippen LogP contribution is -2.35. The summed E-state index contributed by atoms with van der Waals surface area (Å²) in [4.78, 5) is 29.9. The molecular weight excluding hydrogens is 376 g/mol. The Bertz CT molecular complexity index is 950. The van der Waals surface area contributed by atoms with Gasteiger partial charge in [0.15, 0.2) is 0 Å². The minimum atomic E-state index is -0.233. The molecule has 2 aromatic rings. The Kier molecular flexibility index (Phi) is 7.06. The third-order valence-corrected chi connectivity index (χ3v) is 5.46. The number of imide groups is 1. The van der Waals surface area contributed by atoms with E-state index in [-0.39, 0.29) is 11.8 Å². The average molecular weight is 407 g/mol.